The summed E-state index contributed by atoms with van der Waals surface area (Å²) in [5, 5.41) is 13.2. The molecule has 0 radical (unpaired) electrons. The maximum Gasteiger partial charge on any atom is 0.243 e. The molecule has 1 saturated heterocycles. The molecule has 8 heteroatoms. The maximum atomic E-state index is 13.0. The van der Waals surface area contributed by atoms with E-state index in [-0.39, 0.29) is 17.3 Å². The van der Waals surface area contributed by atoms with Gasteiger partial charge in [-0.05, 0) is 55.7 Å². The number of thiophene rings is 1. The number of carbonyl (C=O) groups is 1. The summed E-state index contributed by atoms with van der Waals surface area (Å²) in [6, 6.07) is 10.6. The number of nitrogens with zero attached hydrogens (tertiary/aromatic N) is 2. The molecule has 1 fully saturated rings. The van der Waals surface area contributed by atoms with Crippen molar-refractivity contribution in [2.45, 2.75) is 43.9 Å². The lowest BCUT2D eigenvalue weighted by Gasteiger charge is -2.31. The first-order valence-electron chi connectivity index (χ1n) is 10.3. The largest absolute Gasteiger partial charge is 0.316 e. The number of benzene rings is 1. The maximum absolute atomic E-state index is 13.0. The first-order valence-corrected chi connectivity index (χ1v) is 12.6. The Kier molecular flexibility index (Phi) is 5.96. The van der Waals surface area contributed by atoms with E-state index >= 15 is 0 Å². The number of rotatable bonds is 4. The van der Waals surface area contributed by atoms with E-state index < -0.39 is 15.9 Å². The van der Waals surface area contributed by atoms with Crippen molar-refractivity contribution in [3.8, 4) is 6.07 Å². The minimum Gasteiger partial charge on any atom is -0.316 e. The minimum atomic E-state index is -3.62. The average Bonchev–Trinajstić information content (AvgIpc) is 3.10. The van der Waals surface area contributed by atoms with Crippen LogP contribution in [0.2, 0.25) is 0 Å². The minimum absolute atomic E-state index is 0.160. The number of sulfonamides is 1. The Bertz CT molecular complexity index is 1090. The molecular formula is C22H25N3O3S2. The number of piperidine rings is 1. The molecule has 0 spiro atoms. The van der Waals surface area contributed by atoms with Crippen LogP contribution in [0.15, 0.2) is 35.2 Å². The van der Waals surface area contributed by atoms with Crippen molar-refractivity contribution in [1.29, 1.82) is 5.26 Å². The molecule has 2 heterocycles. The standard InChI is InChI=1S/C22H25N3O3S2/c1-15-9-10-18-19(13-23)22(29-20(18)12-15)24-21(26)16-6-5-11-25(14-16)30(27,28)17-7-3-2-4-8-17/h2-4,7-8,15-16H,5-6,9-12,14H2,1H3,(H,24,26). The van der Waals surface area contributed by atoms with Gasteiger partial charge in [0.05, 0.1) is 16.4 Å². The molecule has 1 amide bonds. The van der Waals surface area contributed by atoms with Crippen molar-refractivity contribution in [3.05, 3.63) is 46.3 Å². The molecule has 0 bridgehead atoms. The first-order chi connectivity index (χ1) is 14.4. The van der Waals surface area contributed by atoms with Crippen LogP contribution in [-0.4, -0.2) is 31.7 Å². The van der Waals surface area contributed by atoms with E-state index in [4.69, 9.17) is 0 Å². The van der Waals surface area contributed by atoms with Gasteiger partial charge in [0.2, 0.25) is 15.9 Å². The van der Waals surface area contributed by atoms with Gasteiger partial charge >= 0.3 is 0 Å². The summed E-state index contributed by atoms with van der Waals surface area (Å²) in [5.74, 6) is -0.0470. The fraction of sp³-hybridized carbons (Fsp3) is 0.455. The van der Waals surface area contributed by atoms with E-state index in [1.54, 1.807) is 30.3 Å². The van der Waals surface area contributed by atoms with E-state index in [1.165, 1.54) is 20.5 Å². The average molecular weight is 444 g/mol. The van der Waals surface area contributed by atoms with Gasteiger partial charge in [0.25, 0.3) is 0 Å². The van der Waals surface area contributed by atoms with E-state index in [0.717, 1.165) is 24.8 Å². The van der Waals surface area contributed by atoms with E-state index in [0.29, 0.717) is 35.9 Å². The number of fused-ring (bicyclic) bond motifs is 1. The second-order valence-corrected chi connectivity index (χ2v) is 11.2. The third-order valence-electron chi connectivity index (χ3n) is 6.00. The highest BCUT2D eigenvalue weighted by Crippen LogP contribution is 2.39. The Balaban J connectivity index is 1.50. The molecule has 4 rings (SSSR count). The summed E-state index contributed by atoms with van der Waals surface area (Å²) < 4.78 is 27.3. The van der Waals surface area contributed by atoms with Gasteiger partial charge in [0, 0.05) is 18.0 Å². The first kappa shape index (κ1) is 21.0. The molecule has 1 aromatic carbocycles. The molecule has 6 nitrogen and oxygen atoms in total. The summed E-state index contributed by atoms with van der Waals surface area (Å²) in [7, 11) is -3.62. The molecule has 1 aromatic heterocycles. The Morgan fingerprint density at radius 3 is 2.77 bits per heavy atom. The van der Waals surface area contributed by atoms with Gasteiger partial charge in [0.15, 0.2) is 0 Å². The van der Waals surface area contributed by atoms with Gasteiger partial charge in [0.1, 0.15) is 11.1 Å². The summed E-state index contributed by atoms with van der Waals surface area (Å²) >= 11 is 1.50. The number of carbonyl (C=O) groups excluding carboxylic acids is 1. The molecular weight excluding hydrogens is 418 g/mol. The quantitative estimate of drug-likeness (QED) is 0.779. The lowest BCUT2D eigenvalue weighted by atomic mass is 9.88. The van der Waals surface area contributed by atoms with E-state index in [1.807, 2.05) is 0 Å². The number of nitriles is 1. The highest BCUT2D eigenvalue weighted by Gasteiger charge is 2.34. The lowest BCUT2D eigenvalue weighted by molar-refractivity contribution is -0.120. The van der Waals surface area contributed by atoms with Crippen molar-refractivity contribution in [2.24, 2.45) is 11.8 Å². The number of amides is 1. The number of hydrogen-bond donors (Lipinski definition) is 1. The van der Waals surface area contributed by atoms with E-state index in [9.17, 15) is 18.5 Å². The Morgan fingerprint density at radius 2 is 2.03 bits per heavy atom. The van der Waals surface area contributed by atoms with Crippen molar-refractivity contribution in [3.63, 3.8) is 0 Å². The zero-order valence-corrected chi connectivity index (χ0v) is 18.6. The van der Waals surface area contributed by atoms with Crippen molar-refractivity contribution in [2.75, 3.05) is 18.4 Å². The smallest absolute Gasteiger partial charge is 0.243 e. The Morgan fingerprint density at radius 1 is 1.27 bits per heavy atom. The van der Waals surface area contributed by atoms with Gasteiger partial charge in [-0.25, -0.2) is 8.42 Å². The molecule has 2 aliphatic rings. The number of anilines is 1. The summed E-state index contributed by atoms with van der Waals surface area (Å²) in [5.41, 5.74) is 1.66. The van der Waals surface area contributed by atoms with Crippen LogP contribution in [0.25, 0.3) is 0 Å². The van der Waals surface area contributed by atoms with Crippen LogP contribution in [0, 0.1) is 23.2 Å². The molecule has 2 aromatic rings. The molecule has 0 saturated carbocycles. The fourth-order valence-corrected chi connectivity index (χ4v) is 7.20. The van der Waals surface area contributed by atoms with Gasteiger partial charge in [-0.15, -0.1) is 11.3 Å². The molecule has 158 valence electrons. The monoisotopic (exact) mass is 443 g/mol. The van der Waals surface area contributed by atoms with Gasteiger partial charge in [-0.1, -0.05) is 25.1 Å². The third kappa shape index (κ3) is 4.02. The second-order valence-electron chi connectivity index (χ2n) is 8.17. The summed E-state index contributed by atoms with van der Waals surface area (Å²) in [4.78, 5) is 14.4. The number of nitrogens with one attached hydrogen (secondary N) is 1. The number of hydrogen-bond acceptors (Lipinski definition) is 5. The lowest BCUT2D eigenvalue weighted by Crippen LogP contribution is -2.43. The summed E-state index contributed by atoms with van der Waals surface area (Å²) in [6.07, 6.45) is 4.14. The molecule has 2 unspecified atom stereocenters. The van der Waals surface area contributed by atoms with Gasteiger partial charge in [-0.3, -0.25) is 4.79 Å². The zero-order chi connectivity index (χ0) is 21.3. The highest BCUT2D eigenvalue weighted by molar-refractivity contribution is 7.89. The second kappa shape index (κ2) is 8.50. The van der Waals surface area contributed by atoms with Crippen molar-refractivity contribution < 1.29 is 13.2 Å². The van der Waals surface area contributed by atoms with Crippen LogP contribution in [-0.2, 0) is 27.7 Å². The van der Waals surface area contributed by atoms with E-state index in [2.05, 4.69) is 18.3 Å². The van der Waals surface area contributed by atoms with Crippen LogP contribution in [0.4, 0.5) is 5.00 Å². The van der Waals surface area contributed by atoms with Crippen LogP contribution < -0.4 is 5.32 Å². The van der Waals surface area contributed by atoms with Crippen LogP contribution >= 0.6 is 11.3 Å². The van der Waals surface area contributed by atoms with Gasteiger partial charge in [-0.2, -0.15) is 9.57 Å². The fourth-order valence-electron chi connectivity index (χ4n) is 4.29. The molecule has 30 heavy (non-hydrogen) atoms. The topological polar surface area (TPSA) is 90.3 Å². The molecule has 2 atom stereocenters. The predicted octanol–water partition coefficient (Wildman–Crippen LogP) is 3.78. The normalized spacial score (nSPS) is 22.1. The third-order valence-corrected chi connectivity index (χ3v) is 9.05. The van der Waals surface area contributed by atoms with Crippen LogP contribution in [0.3, 0.4) is 0 Å². The van der Waals surface area contributed by atoms with Crippen molar-refractivity contribution >= 4 is 32.3 Å². The Labute approximate surface area is 181 Å². The zero-order valence-electron chi connectivity index (χ0n) is 16.9. The van der Waals surface area contributed by atoms with Crippen LogP contribution in [0.1, 0.15) is 42.2 Å². The summed E-state index contributed by atoms with van der Waals surface area (Å²) in [6.45, 7) is 2.78. The molecule has 1 aliphatic heterocycles. The molecule has 1 N–H and O–H groups in total. The van der Waals surface area contributed by atoms with Gasteiger partial charge < -0.3 is 5.32 Å². The predicted molar refractivity (Wildman–Crippen MR) is 117 cm³/mol. The molecule has 1 aliphatic carbocycles. The van der Waals surface area contributed by atoms with Crippen molar-refractivity contribution in [1.82, 2.24) is 4.31 Å². The van der Waals surface area contributed by atoms with Crippen LogP contribution in [0.5, 0.6) is 0 Å². The Hall–Kier alpha value is -2.21. The SMILES string of the molecule is CC1CCc2c(sc(NC(=O)C3CCCN(S(=O)(=O)c4ccccc4)C3)c2C#N)C1. The highest BCUT2D eigenvalue weighted by atomic mass is 32.2.